The Morgan fingerprint density at radius 3 is 2.48 bits per heavy atom. The molecule has 21 heavy (non-hydrogen) atoms. The summed E-state index contributed by atoms with van der Waals surface area (Å²) < 4.78 is 43.1. The highest BCUT2D eigenvalue weighted by Gasteiger charge is 2.33. The first kappa shape index (κ1) is 15.9. The molecule has 0 aliphatic heterocycles. The van der Waals surface area contributed by atoms with Gasteiger partial charge in [-0.3, -0.25) is 4.90 Å². The number of benzene rings is 1. The maximum absolute atomic E-state index is 12.5. The van der Waals surface area contributed by atoms with Crippen LogP contribution in [0.25, 0.3) is 11.0 Å². The first-order valence-corrected chi connectivity index (χ1v) is 6.73. The van der Waals surface area contributed by atoms with E-state index in [1.807, 2.05) is 12.1 Å². The molecule has 2 aromatic rings. The van der Waals surface area contributed by atoms with Crippen molar-refractivity contribution < 1.29 is 22.7 Å². The fourth-order valence-corrected chi connectivity index (χ4v) is 2.17. The third-order valence-electron chi connectivity index (χ3n) is 3.29. The minimum absolute atomic E-state index is 0.128. The maximum atomic E-state index is 12.5. The van der Waals surface area contributed by atoms with Crippen molar-refractivity contribution >= 4 is 11.0 Å². The molecule has 6 heteroatoms. The maximum Gasteiger partial charge on any atom is 0.401 e. The van der Waals surface area contributed by atoms with Gasteiger partial charge in [0.15, 0.2) is 0 Å². The van der Waals surface area contributed by atoms with Gasteiger partial charge in [-0.25, -0.2) is 0 Å². The van der Waals surface area contributed by atoms with E-state index in [0.717, 1.165) is 5.39 Å². The fraction of sp³-hybridized carbons (Fsp3) is 0.467. The lowest BCUT2D eigenvalue weighted by Crippen LogP contribution is -2.41. The quantitative estimate of drug-likeness (QED) is 0.914. The van der Waals surface area contributed by atoms with Crippen molar-refractivity contribution in [2.75, 3.05) is 13.1 Å². The molecular formula is C15H18F3NO2. The van der Waals surface area contributed by atoms with E-state index in [4.69, 9.17) is 4.42 Å². The van der Waals surface area contributed by atoms with E-state index in [0.29, 0.717) is 5.58 Å². The van der Waals surface area contributed by atoms with Gasteiger partial charge in [-0.1, -0.05) is 18.2 Å². The highest BCUT2D eigenvalue weighted by atomic mass is 19.4. The second kappa shape index (κ2) is 6.07. The van der Waals surface area contributed by atoms with Crippen LogP contribution >= 0.6 is 0 Å². The van der Waals surface area contributed by atoms with Crippen molar-refractivity contribution in [1.82, 2.24) is 4.90 Å². The summed E-state index contributed by atoms with van der Waals surface area (Å²) in [5.74, 6) is 0.282. The van der Waals surface area contributed by atoms with Crippen LogP contribution in [0.1, 0.15) is 25.7 Å². The van der Waals surface area contributed by atoms with Crippen molar-refractivity contribution in [2.24, 2.45) is 0 Å². The number of para-hydroxylation sites is 1. The summed E-state index contributed by atoms with van der Waals surface area (Å²) in [6.45, 7) is 2.15. The van der Waals surface area contributed by atoms with Crippen LogP contribution in [-0.4, -0.2) is 35.3 Å². The van der Waals surface area contributed by atoms with Crippen molar-refractivity contribution in [3.8, 4) is 0 Å². The van der Waals surface area contributed by atoms with Crippen LogP contribution < -0.4 is 0 Å². The van der Waals surface area contributed by atoms with Gasteiger partial charge < -0.3 is 9.52 Å². The number of fused-ring (bicyclic) bond motifs is 1. The van der Waals surface area contributed by atoms with E-state index in [1.165, 1.54) is 4.90 Å². The predicted octanol–water partition coefficient (Wildman–Crippen LogP) is 3.74. The summed E-state index contributed by atoms with van der Waals surface area (Å²) in [4.78, 5) is 1.18. The number of halogens is 3. The molecule has 0 radical (unpaired) electrons. The molecule has 0 amide bonds. The number of rotatable bonds is 5. The van der Waals surface area contributed by atoms with Gasteiger partial charge in [0.05, 0.1) is 6.54 Å². The summed E-state index contributed by atoms with van der Waals surface area (Å²) in [5, 5.41) is 11.0. The van der Waals surface area contributed by atoms with Gasteiger partial charge in [-0.2, -0.15) is 13.2 Å². The summed E-state index contributed by atoms with van der Waals surface area (Å²) in [5.41, 5.74) is 0.610. The zero-order valence-electron chi connectivity index (χ0n) is 11.9. The molecule has 0 saturated heterocycles. The molecule has 0 fully saturated rings. The second-order valence-corrected chi connectivity index (χ2v) is 5.34. The van der Waals surface area contributed by atoms with E-state index >= 15 is 0 Å². The molecule has 0 bridgehead atoms. The Labute approximate surface area is 121 Å². The van der Waals surface area contributed by atoms with Crippen LogP contribution in [0.4, 0.5) is 13.2 Å². The summed E-state index contributed by atoms with van der Waals surface area (Å²) in [6.07, 6.45) is -5.39. The highest BCUT2D eigenvalue weighted by Crippen LogP contribution is 2.26. The number of aliphatic hydroxyl groups excluding tert-OH is 1. The number of nitrogens with zero attached hydrogens (tertiary/aromatic N) is 1. The Bertz CT molecular complexity index is 559. The minimum atomic E-state index is -4.29. The van der Waals surface area contributed by atoms with Crippen molar-refractivity contribution in [2.45, 2.75) is 32.2 Å². The number of alkyl halides is 3. The minimum Gasteiger partial charge on any atom is -0.458 e. The standard InChI is InChI=1S/C15H18F3NO2/c1-10(2)19(9-15(16,17)18)8-12(20)14-7-11-5-3-4-6-13(11)21-14/h3-7,10,12,20H,8-9H2,1-2H3. The normalized spacial score (nSPS) is 14.3. The topological polar surface area (TPSA) is 36.6 Å². The van der Waals surface area contributed by atoms with Crippen molar-refractivity contribution in [3.05, 3.63) is 36.1 Å². The molecule has 3 nitrogen and oxygen atoms in total. The number of hydrogen-bond donors (Lipinski definition) is 1. The molecule has 0 spiro atoms. The molecule has 1 aromatic carbocycles. The number of hydrogen-bond acceptors (Lipinski definition) is 3. The van der Waals surface area contributed by atoms with Gasteiger partial charge in [0.2, 0.25) is 0 Å². The second-order valence-electron chi connectivity index (χ2n) is 5.34. The molecule has 1 unspecified atom stereocenters. The number of aliphatic hydroxyl groups is 1. The van der Waals surface area contributed by atoms with E-state index in [9.17, 15) is 18.3 Å². The van der Waals surface area contributed by atoms with E-state index < -0.39 is 18.8 Å². The molecular weight excluding hydrogens is 283 g/mol. The third-order valence-corrected chi connectivity index (χ3v) is 3.29. The Hall–Kier alpha value is -1.53. The fourth-order valence-electron chi connectivity index (χ4n) is 2.17. The monoisotopic (exact) mass is 301 g/mol. The molecule has 0 aliphatic rings. The van der Waals surface area contributed by atoms with Crippen LogP contribution in [0, 0.1) is 0 Å². The van der Waals surface area contributed by atoms with Gasteiger partial charge in [0.25, 0.3) is 0 Å². The Kier molecular flexibility index (Phi) is 4.58. The lowest BCUT2D eigenvalue weighted by atomic mass is 10.2. The SMILES string of the molecule is CC(C)N(CC(O)c1cc2ccccc2o1)CC(F)(F)F. The summed E-state index contributed by atoms with van der Waals surface area (Å²) >= 11 is 0. The molecule has 1 N–H and O–H groups in total. The third kappa shape index (κ3) is 4.22. The predicted molar refractivity (Wildman–Crippen MR) is 73.9 cm³/mol. The van der Waals surface area contributed by atoms with Crippen LogP contribution in [-0.2, 0) is 0 Å². The molecule has 1 aromatic heterocycles. The zero-order chi connectivity index (χ0) is 15.6. The zero-order valence-corrected chi connectivity index (χ0v) is 11.9. The lowest BCUT2D eigenvalue weighted by molar-refractivity contribution is -0.152. The molecule has 1 atom stereocenters. The molecule has 116 valence electrons. The highest BCUT2D eigenvalue weighted by molar-refractivity contribution is 5.77. The Morgan fingerprint density at radius 2 is 1.90 bits per heavy atom. The van der Waals surface area contributed by atoms with Gasteiger partial charge in [0, 0.05) is 18.0 Å². The van der Waals surface area contributed by atoms with Crippen LogP contribution in [0.2, 0.25) is 0 Å². The van der Waals surface area contributed by atoms with E-state index in [2.05, 4.69) is 0 Å². The van der Waals surface area contributed by atoms with Crippen LogP contribution in [0.3, 0.4) is 0 Å². The number of furan rings is 1. The first-order valence-electron chi connectivity index (χ1n) is 6.73. The van der Waals surface area contributed by atoms with Crippen molar-refractivity contribution in [1.29, 1.82) is 0 Å². The molecule has 1 heterocycles. The van der Waals surface area contributed by atoms with E-state index in [-0.39, 0.29) is 18.3 Å². The summed E-state index contributed by atoms with van der Waals surface area (Å²) in [7, 11) is 0. The molecule has 0 saturated carbocycles. The van der Waals surface area contributed by atoms with Crippen LogP contribution in [0.5, 0.6) is 0 Å². The van der Waals surface area contributed by atoms with Gasteiger partial charge in [0.1, 0.15) is 17.4 Å². The lowest BCUT2D eigenvalue weighted by Gasteiger charge is -2.28. The first-order chi connectivity index (χ1) is 9.76. The van der Waals surface area contributed by atoms with Gasteiger partial charge >= 0.3 is 6.18 Å². The van der Waals surface area contributed by atoms with Crippen molar-refractivity contribution in [3.63, 3.8) is 0 Å². The Morgan fingerprint density at radius 1 is 1.24 bits per heavy atom. The van der Waals surface area contributed by atoms with Gasteiger partial charge in [-0.15, -0.1) is 0 Å². The van der Waals surface area contributed by atoms with E-state index in [1.54, 1.807) is 32.0 Å². The summed E-state index contributed by atoms with van der Waals surface area (Å²) in [6, 6.07) is 8.54. The smallest absolute Gasteiger partial charge is 0.401 e. The Balaban J connectivity index is 2.12. The average molecular weight is 301 g/mol. The van der Waals surface area contributed by atoms with Crippen LogP contribution in [0.15, 0.2) is 34.7 Å². The molecule has 2 rings (SSSR count). The largest absolute Gasteiger partial charge is 0.458 e. The van der Waals surface area contributed by atoms with Gasteiger partial charge in [-0.05, 0) is 26.0 Å². The average Bonchev–Trinajstić information content (AvgIpc) is 2.80. The molecule has 0 aliphatic carbocycles.